The first-order valence-corrected chi connectivity index (χ1v) is 9.56. The summed E-state index contributed by atoms with van der Waals surface area (Å²) in [6.45, 7) is 7.53. The van der Waals surface area contributed by atoms with Crippen LogP contribution in [-0.4, -0.2) is 56.1 Å². The molecule has 0 fully saturated rings. The third-order valence-corrected chi connectivity index (χ3v) is 5.86. The molecule has 26 heavy (non-hydrogen) atoms. The first-order valence-electron chi connectivity index (χ1n) is 9.56. The van der Waals surface area contributed by atoms with Crippen LogP contribution in [0.5, 0.6) is 0 Å². The maximum atomic E-state index is 13.6. The van der Waals surface area contributed by atoms with Gasteiger partial charge in [-0.2, -0.15) is 0 Å². The summed E-state index contributed by atoms with van der Waals surface area (Å²) in [6.07, 6.45) is 0.788. The highest BCUT2D eigenvalue weighted by Gasteiger charge is 2.44. The summed E-state index contributed by atoms with van der Waals surface area (Å²) < 4.78 is 0.960. The van der Waals surface area contributed by atoms with Gasteiger partial charge in [0.05, 0.1) is 26.7 Å². The number of rotatable bonds is 8. The van der Waals surface area contributed by atoms with E-state index in [9.17, 15) is 4.79 Å². The largest absolute Gasteiger partial charge is 0.348 e. The van der Waals surface area contributed by atoms with Crippen LogP contribution in [0.3, 0.4) is 0 Å². The number of nitrogens with zero attached hydrogens (tertiary/aromatic N) is 2. The number of benzene rings is 2. The van der Waals surface area contributed by atoms with E-state index in [-0.39, 0.29) is 5.91 Å². The van der Waals surface area contributed by atoms with E-state index in [1.165, 1.54) is 0 Å². The van der Waals surface area contributed by atoms with Crippen LogP contribution >= 0.6 is 0 Å². The molecular weight excluding hydrogens is 320 g/mol. The molecule has 3 heteroatoms. The van der Waals surface area contributed by atoms with Crippen LogP contribution < -0.4 is 0 Å². The maximum Gasteiger partial charge on any atom is 0.237 e. The van der Waals surface area contributed by atoms with E-state index in [0.29, 0.717) is 0 Å². The Balaban J connectivity index is 2.63. The Kier molecular flexibility index (Phi) is 6.60. The molecule has 3 nitrogen and oxygen atoms in total. The maximum absolute atomic E-state index is 13.6. The molecular formula is C23H33N2O+. The minimum absolute atomic E-state index is 0.147. The number of hydrogen-bond donors (Lipinski definition) is 0. The summed E-state index contributed by atoms with van der Waals surface area (Å²) >= 11 is 0. The highest BCUT2D eigenvalue weighted by atomic mass is 16.2. The number of likely N-dealkylation sites (N-methyl/N-ethyl adjacent to an activating group) is 1. The van der Waals surface area contributed by atoms with E-state index < -0.39 is 5.41 Å². The fourth-order valence-corrected chi connectivity index (χ4v) is 3.61. The zero-order valence-corrected chi connectivity index (χ0v) is 16.9. The molecule has 0 saturated carbocycles. The van der Waals surface area contributed by atoms with Crippen LogP contribution in [0.2, 0.25) is 0 Å². The number of carbonyl (C=O) groups is 1. The van der Waals surface area contributed by atoms with Crippen LogP contribution in [0.4, 0.5) is 0 Å². The van der Waals surface area contributed by atoms with Crippen molar-refractivity contribution in [1.82, 2.24) is 4.90 Å². The van der Waals surface area contributed by atoms with Crippen molar-refractivity contribution in [2.24, 2.45) is 0 Å². The van der Waals surface area contributed by atoms with E-state index in [4.69, 9.17) is 0 Å². The van der Waals surface area contributed by atoms with Crippen LogP contribution in [0.1, 0.15) is 31.4 Å². The van der Waals surface area contributed by atoms with Crippen molar-refractivity contribution in [1.29, 1.82) is 0 Å². The lowest BCUT2D eigenvalue weighted by Gasteiger charge is -2.40. The SMILES string of the molecule is CC[N+](C)(CC)CCC(C(=O)N(C)C)(c1ccccc1)c1ccccc1. The van der Waals surface area contributed by atoms with Crippen molar-refractivity contribution in [3.8, 4) is 0 Å². The van der Waals surface area contributed by atoms with Gasteiger partial charge in [0.15, 0.2) is 0 Å². The Bertz CT molecular complexity index is 651. The Morgan fingerprint density at radius 2 is 1.31 bits per heavy atom. The molecule has 0 aliphatic heterocycles. The van der Waals surface area contributed by atoms with E-state index in [1.54, 1.807) is 4.90 Å². The van der Waals surface area contributed by atoms with Gasteiger partial charge in [0.1, 0.15) is 5.41 Å². The summed E-state index contributed by atoms with van der Waals surface area (Å²) in [5, 5.41) is 0. The fraction of sp³-hybridized carbons (Fsp3) is 0.435. The van der Waals surface area contributed by atoms with Gasteiger partial charge in [0, 0.05) is 20.5 Å². The number of hydrogen-bond acceptors (Lipinski definition) is 1. The molecule has 0 radical (unpaired) electrons. The molecule has 1 amide bonds. The third kappa shape index (κ3) is 3.99. The normalized spacial score (nSPS) is 12.0. The molecule has 0 heterocycles. The van der Waals surface area contributed by atoms with Gasteiger partial charge in [0.2, 0.25) is 5.91 Å². The van der Waals surface area contributed by atoms with E-state index in [0.717, 1.165) is 41.7 Å². The first-order chi connectivity index (χ1) is 12.4. The second-order valence-corrected chi connectivity index (χ2v) is 7.56. The predicted molar refractivity (Wildman–Crippen MR) is 109 cm³/mol. The van der Waals surface area contributed by atoms with Crippen molar-refractivity contribution >= 4 is 5.91 Å². The van der Waals surface area contributed by atoms with Gasteiger partial charge in [-0.15, -0.1) is 0 Å². The number of carbonyl (C=O) groups excluding carboxylic acids is 1. The molecule has 0 spiro atoms. The molecule has 140 valence electrons. The van der Waals surface area contributed by atoms with E-state index in [2.05, 4.69) is 45.2 Å². The summed E-state index contributed by atoms with van der Waals surface area (Å²) in [5.74, 6) is 0.147. The van der Waals surface area contributed by atoms with Gasteiger partial charge in [-0.05, 0) is 25.0 Å². The summed E-state index contributed by atoms with van der Waals surface area (Å²) in [6, 6.07) is 20.5. The quantitative estimate of drug-likeness (QED) is 0.658. The van der Waals surface area contributed by atoms with Gasteiger partial charge in [0.25, 0.3) is 0 Å². The molecule has 0 N–H and O–H groups in total. The van der Waals surface area contributed by atoms with Crippen molar-refractivity contribution < 1.29 is 9.28 Å². The smallest absolute Gasteiger partial charge is 0.237 e. The van der Waals surface area contributed by atoms with Gasteiger partial charge in [-0.25, -0.2) is 0 Å². The zero-order valence-electron chi connectivity index (χ0n) is 16.9. The van der Waals surface area contributed by atoms with E-state index >= 15 is 0 Å². The molecule has 0 unspecified atom stereocenters. The van der Waals surface area contributed by atoms with Gasteiger partial charge < -0.3 is 9.38 Å². The second kappa shape index (κ2) is 8.50. The highest BCUT2D eigenvalue weighted by Crippen LogP contribution is 2.38. The Morgan fingerprint density at radius 3 is 1.65 bits per heavy atom. The van der Waals surface area contributed by atoms with Crippen LogP contribution in [-0.2, 0) is 10.2 Å². The standard InChI is InChI=1S/C23H33N2O/c1-6-25(5,7-2)19-18-23(22(26)24(3)4,20-14-10-8-11-15-20)21-16-12-9-13-17-21/h8-17H,6-7,18-19H2,1-5H3/q+1. The van der Waals surface area contributed by atoms with Crippen molar-refractivity contribution in [3.63, 3.8) is 0 Å². The third-order valence-electron chi connectivity index (χ3n) is 5.86. The predicted octanol–water partition coefficient (Wildman–Crippen LogP) is 3.94. The van der Waals surface area contributed by atoms with Crippen LogP contribution in [0, 0.1) is 0 Å². The monoisotopic (exact) mass is 353 g/mol. The Hall–Kier alpha value is -2.13. The lowest BCUT2D eigenvalue weighted by Crippen LogP contribution is -2.51. The van der Waals surface area contributed by atoms with Crippen molar-refractivity contribution in [2.45, 2.75) is 25.7 Å². The number of quaternary nitrogens is 1. The molecule has 2 rings (SSSR count). The lowest BCUT2D eigenvalue weighted by atomic mass is 9.70. The fourth-order valence-electron chi connectivity index (χ4n) is 3.61. The molecule has 0 aliphatic carbocycles. The molecule has 2 aromatic rings. The minimum atomic E-state index is -0.657. The lowest BCUT2D eigenvalue weighted by molar-refractivity contribution is -0.906. The van der Waals surface area contributed by atoms with Crippen LogP contribution in [0.25, 0.3) is 0 Å². The van der Waals surface area contributed by atoms with Gasteiger partial charge >= 0.3 is 0 Å². The summed E-state index contributed by atoms with van der Waals surface area (Å²) in [4.78, 5) is 15.3. The molecule has 2 aromatic carbocycles. The van der Waals surface area contributed by atoms with Gasteiger partial charge in [-0.1, -0.05) is 60.7 Å². The van der Waals surface area contributed by atoms with Crippen molar-refractivity contribution in [3.05, 3.63) is 71.8 Å². The average Bonchev–Trinajstić information content (AvgIpc) is 2.69. The average molecular weight is 354 g/mol. The van der Waals surface area contributed by atoms with Crippen molar-refractivity contribution in [2.75, 3.05) is 40.8 Å². The zero-order chi connectivity index (χ0) is 19.2. The summed E-state index contributed by atoms with van der Waals surface area (Å²) in [5.41, 5.74) is 1.49. The molecule has 0 aromatic heterocycles. The summed E-state index contributed by atoms with van der Waals surface area (Å²) in [7, 11) is 5.99. The molecule has 0 bridgehead atoms. The Labute approximate surface area is 158 Å². The topological polar surface area (TPSA) is 20.3 Å². The minimum Gasteiger partial charge on any atom is -0.348 e. The van der Waals surface area contributed by atoms with Gasteiger partial charge in [-0.3, -0.25) is 4.79 Å². The number of amides is 1. The van der Waals surface area contributed by atoms with E-state index in [1.807, 2.05) is 50.5 Å². The molecule has 0 atom stereocenters. The Morgan fingerprint density at radius 1 is 0.885 bits per heavy atom. The first kappa shape index (κ1) is 20.2. The van der Waals surface area contributed by atoms with Crippen LogP contribution in [0.15, 0.2) is 60.7 Å². The molecule has 0 aliphatic rings. The highest BCUT2D eigenvalue weighted by molar-refractivity contribution is 5.91. The molecule has 0 saturated heterocycles. The second-order valence-electron chi connectivity index (χ2n) is 7.56.